The monoisotopic (exact) mass is 389 g/mol. The van der Waals surface area contributed by atoms with E-state index in [1.165, 1.54) is 18.2 Å². The highest BCUT2D eigenvalue weighted by Crippen LogP contribution is 2.18. The van der Waals surface area contributed by atoms with Gasteiger partial charge in [0.1, 0.15) is 11.4 Å². The minimum absolute atomic E-state index is 0.0203. The number of amides is 1. The summed E-state index contributed by atoms with van der Waals surface area (Å²) >= 11 is 0. The van der Waals surface area contributed by atoms with Gasteiger partial charge in [-0.25, -0.2) is 13.4 Å². The average molecular weight is 389 g/mol. The van der Waals surface area contributed by atoms with Gasteiger partial charge in [-0.3, -0.25) is 9.59 Å². The second kappa shape index (κ2) is 7.87. The first-order valence-electron chi connectivity index (χ1n) is 8.61. The van der Waals surface area contributed by atoms with E-state index < -0.39 is 27.0 Å². The number of aromatic nitrogens is 1. The van der Waals surface area contributed by atoms with Gasteiger partial charge in [0.2, 0.25) is 0 Å². The first-order valence-corrected chi connectivity index (χ1v) is 10.2. The molecule has 0 fully saturated rings. The molecule has 3 N–H and O–H groups in total. The molecule has 3 rings (SSSR count). The minimum Gasteiger partial charge on any atom is -0.348 e. The van der Waals surface area contributed by atoms with Crippen LogP contribution in [0.4, 0.5) is 4.39 Å². The number of hydrogen-bond donors (Lipinski definition) is 3. The highest BCUT2D eigenvalue weighted by molar-refractivity contribution is 7.95. The van der Waals surface area contributed by atoms with Gasteiger partial charge >= 0.3 is 0 Å². The van der Waals surface area contributed by atoms with Gasteiger partial charge in [0.05, 0.1) is 14.6 Å². The first kappa shape index (κ1) is 19.0. The Morgan fingerprint density at radius 2 is 1.96 bits per heavy atom. The Morgan fingerprint density at radius 1 is 1.26 bits per heavy atom. The van der Waals surface area contributed by atoms with Crippen LogP contribution in [0.25, 0.3) is 0 Å². The molecule has 1 atom stereocenters. The van der Waals surface area contributed by atoms with Crippen molar-refractivity contribution in [3.05, 3.63) is 74.8 Å². The maximum atomic E-state index is 12.9. The van der Waals surface area contributed by atoms with Crippen molar-refractivity contribution in [1.82, 2.24) is 10.3 Å². The molecule has 1 amide bonds. The Hall–Kier alpha value is -2.74. The topological polar surface area (TPSA) is 103 Å². The van der Waals surface area contributed by atoms with Gasteiger partial charge in [-0.1, -0.05) is 6.08 Å². The molecule has 1 aromatic carbocycles. The molecule has 0 spiro atoms. The standard InChI is InChI=1S/C19H20FN3O3S/c20-14-6-8-15(9-7-14)27(21,26)11-3-10-22-18(24)16-12-13-4-1-2-5-17(13)23-19(16)25/h3,6-9,11-12,21H,1-2,4-5,10H2,(H,22,24)(H,23,25)/b11-3+. The van der Waals surface area contributed by atoms with Crippen molar-refractivity contribution in [3.63, 3.8) is 0 Å². The normalized spacial score (nSPS) is 15.9. The maximum absolute atomic E-state index is 12.9. The quantitative estimate of drug-likeness (QED) is 0.732. The van der Waals surface area contributed by atoms with Crippen LogP contribution in [0.3, 0.4) is 0 Å². The second-order valence-electron chi connectivity index (χ2n) is 6.36. The zero-order valence-corrected chi connectivity index (χ0v) is 15.4. The van der Waals surface area contributed by atoms with Crippen LogP contribution in [0, 0.1) is 10.6 Å². The number of aromatic amines is 1. The molecule has 1 heterocycles. The molecule has 8 heteroatoms. The van der Waals surface area contributed by atoms with E-state index >= 15 is 0 Å². The number of benzene rings is 1. The molecule has 1 aromatic heterocycles. The zero-order valence-electron chi connectivity index (χ0n) is 14.6. The SMILES string of the molecule is N=S(=O)(/C=C/CNC(=O)c1cc2c([nH]c1=O)CCCC2)c1ccc(F)cc1. The van der Waals surface area contributed by atoms with Crippen LogP contribution in [-0.2, 0) is 22.6 Å². The van der Waals surface area contributed by atoms with Gasteiger partial charge < -0.3 is 10.3 Å². The predicted octanol–water partition coefficient (Wildman–Crippen LogP) is 2.74. The molecule has 0 saturated heterocycles. The summed E-state index contributed by atoms with van der Waals surface area (Å²) in [5, 5.41) is 3.73. The van der Waals surface area contributed by atoms with E-state index in [2.05, 4.69) is 10.3 Å². The molecule has 27 heavy (non-hydrogen) atoms. The smallest absolute Gasteiger partial charge is 0.261 e. The van der Waals surface area contributed by atoms with Crippen molar-refractivity contribution in [3.8, 4) is 0 Å². The maximum Gasteiger partial charge on any atom is 0.261 e. The fraction of sp³-hybridized carbons (Fsp3) is 0.263. The highest BCUT2D eigenvalue weighted by Gasteiger charge is 2.16. The summed E-state index contributed by atoms with van der Waals surface area (Å²) in [7, 11) is -3.23. The number of fused-ring (bicyclic) bond motifs is 1. The molecule has 0 aliphatic heterocycles. The lowest BCUT2D eigenvalue weighted by Gasteiger charge is -2.15. The van der Waals surface area contributed by atoms with E-state index in [1.807, 2.05) is 0 Å². The van der Waals surface area contributed by atoms with Crippen LogP contribution in [-0.4, -0.2) is 21.6 Å². The first-order chi connectivity index (χ1) is 12.9. The van der Waals surface area contributed by atoms with Crippen LogP contribution in [0.2, 0.25) is 0 Å². The molecule has 1 unspecified atom stereocenters. The van der Waals surface area contributed by atoms with Gasteiger partial charge in [0, 0.05) is 17.6 Å². The average Bonchev–Trinajstić information content (AvgIpc) is 2.65. The van der Waals surface area contributed by atoms with Gasteiger partial charge in [0.25, 0.3) is 11.5 Å². The molecular weight excluding hydrogens is 369 g/mol. The summed E-state index contributed by atoms with van der Waals surface area (Å²) in [6, 6.07) is 6.50. The summed E-state index contributed by atoms with van der Waals surface area (Å²) in [4.78, 5) is 27.3. The van der Waals surface area contributed by atoms with Crippen LogP contribution >= 0.6 is 0 Å². The summed E-state index contributed by atoms with van der Waals surface area (Å²) in [6.45, 7) is 0.0203. The second-order valence-corrected chi connectivity index (χ2v) is 8.30. The van der Waals surface area contributed by atoms with E-state index in [4.69, 9.17) is 4.78 Å². The van der Waals surface area contributed by atoms with Crippen LogP contribution in [0.1, 0.15) is 34.5 Å². The van der Waals surface area contributed by atoms with Gasteiger partial charge in [-0.15, -0.1) is 0 Å². The summed E-state index contributed by atoms with van der Waals surface area (Å²) in [6.07, 6.45) is 5.11. The van der Waals surface area contributed by atoms with Crippen molar-refractivity contribution in [2.24, 2.45) is 0 Å². The Labute approximate surface area is 156 Å². The third-order valence-electron chi connectivity index (χ3n) is 4.41. The fourth-order valence-corrected chi connectivity index (χ4v) is 4.05. The zero-order chi connectivity index (χ0) is 19.4. The third-order valence-corrected chi connectivity index (χ3v) is 5.96. The molecule has 142 valence electrons. The van der Waals surface area contributed by atoms with Crippen molar-refractivity contribution < 1.29 is 13.4 Å². The number of nitrogens with one attached hydrogen (secondary N) is 3. The van der Waals surface area contributed by atoms with E-state index in [0.717, 1.165) is 54.5 Å². The van der Waals surface area contributed by atoms with E-state index in [1.54, 1.807) is 6.07 Å². The summed E-state index contributed by atoms with van der Waals surface area (Å²) < 4.78 is 33.1. The lowest BCUT2D eigenvalue weighted by molar-refractivity contribution is 0.0956. The number of aryl methyl sites for hydroxylation is 2. The van der Waals surface area contributed by atoms with Gasteiger partial charge in [-0.2, -0.15) is 0 Å². The Balaban J connectivity index is 1.65. The number of carbonyl (C=O) groups is 1. The number of halogens is 1. The van der Waals surface area contributed by atoms with Crippen molar-refractivity contribution in [1.29, 1.82) is 4.78 Å². The third kappa shape index (κ3) is 4.51. The van der Waals surface area contributed by atoms with Crippen LogP contribution in [0.15, 0.2) is 51.5 Å². The molecule has 6 nitrogen and oxygen atoms in total. The van der Waals surface area contributed by atoms with Crippen molar-refractivity contribution in [2.75, 3.05) is 6.54 Å². The number of H-pyrrole nitrogens is 1. The minimum atomic E-state index is -3.23. The van der Waals surface area contributed by atoms with E-state index in [-0.39, 0.29) is 17.0 Å². The lowest BCUT2D eigenvalue weighted by Crippen LogP contribution is -2.31. The van der Waals surface area contributed by atoms with Crippen molar-refractivity contribution >= 4 is 15.6 Å². The molecule has 0 bridgehead atoms. The molecule has 2 aromatic rings. The Kier molecular flexibility index (Phi) is 5.55. The number of hydrogen-bond acceptors (Lipinski definition) is 4. The van der Waals surface area contributed by atoms with Gasteiger partial charge in [0.15, 0.2) is 0 Å². The van der Waals surface area contributed by atoms with Gasteiger partial charge in [-0.05, 0) is 61.6 Å². The molecule has 0 saturated carbocycles. The lowest BCUT2D eigenvalue weighted by atomic mass is 9.95. The number of pyridine rings is 1. The van der Waals surface area contributed by atoms with E-state index in [0.29, 0.717) is 0 Å². The largest absolute Gasteiger partial charge is 0.348 e. The summed E-state index contributed by atoms with van der Waals surface area (Å²) in [5.41, 5.74) is 1.52. The fourth-order valence-electron chi connectivity index (χ4n) is 2.99. The Bertz CT molecular complexity index is 1040. The van der Waals surface area contributed by atoms with Crippen LogP contribution in [0.5, 0.6) is 0 Å². The Morgan fingerprint density at radius 3 is 2.70 bits per heavy atom. The highest BCUT2D eigenvalue weighted by atomic mass is 32.2. The predicted molar refractivity (Wildman–Crippen MR) is 101 cm³/mol. The molecule has 0 radical (unpaired) electrons. The number of carbonyl (C=O) groups excluding carboxylic acids is 1. The summed E-state index contributed by atoms with van der Waals surface area (Å²) in [5.74, 6) is -0.993. The van der Waals surface area contributed by atoms with Crippen LogP contribution < -0.4 is 10.9 Å². The number of rotatable bonds is 5. The molecular formula is C19H20FN3O3S. The van der Waals surface area contributed by atoms with Crippen molar-refractivity contribution in [2.45, 2.75) is 30.6 Å². The molecule has 1 aliphatic carbocycles. The van der Waals surface area contributed by atoms with E-state index in [9.17, 15) is 18.2 Å². The molecule has 1 aliphatic rings.